The van der Waals surface area contributed by atoms with Gasteiger partial charge in [-0.2, -0.15) is 7.17 Å². The molecule has 0 saturated heterocycles. The van der Waals surface area contributed by atoms with Gasteiger partial charge in [0.1, 0.15) is 0 Å². The highest BCUT2D eigenvalue weighted by atomic mass is 32.1. The molecule has 4 heavy (non-hydrogen) atoms. The van der Waals surface area contributed by atoms with Crippen LogP contribution in [0.15, 0.2) is 0 Å². The minimum Gasteiger partial charge on any atom is -0.478 e. The second kappa shape index (κ2) is 3.48. The second-order valence-corrected chi connectivity index (χ2v) is 0.781. The fraction of sp³-hybridized carbons (Fsp3) is 1.00. The average Bonchev–Trinajstić information content (AvgIpc) is 1.37. The van der Waals surface area contributed by atoms with Crippen molar-refractivity contribution in [2.24, 2.45) is 0 Å². The molecule has 0 aromatic carbocycles. The standard InChI is InChI=1S/CH4B2S/c1-2-3-4/h4H,1H3/q-1. The van der Waals surface area contributed by atoms with Crippen molar-refractivity contribution < 1.29 is 0 Å². The molecule has 0 aromatic rings. The van der Waals surface area contributed by atoms with E-state index in [0.717, 1.165) is 0 Å². The van der Waals surface area contributed by atoms with Gasteiger partial charge in [-0.15, -0.1) is 6.82 Å². The van der Waals surface area contributed by atoms with Crippen molar-refractivity contribution in [3.8, 4) is 0 Å². The summed E-state index contributed by atoms with van der Waals surface area (Å²) in [6.45, 7) is 1.92. The summed E-state index contributed by atoms with van der Waals surface area (Å²) in [6, 6.07) is 0. The fourth-order valence-electron chi connectivity index (χ4n) is 0. The van der Waals surface area contributed by atoms with E-state index >= 15 is 0 Å². The van der Waals surface area contributed by atoms with E-state index in [9.17, 15) is 0 Å². The van der Waals surface area contributed by atoms with Gasteiger partial charge in [0.25, 0.3) is 0 Å². The Morgan fingerprint density at radius 3 is 2.25 bits per heavy atom. The molecular weight excluding hydrogens is 65.7 g/mol. The Labute approximate surface area is 33.7 Å². The summed E-state index contributed by atoms with van der Waals surface area (Å²) in [6.07, 6.45) is 1.69. The molecule has 0 nitrogen and oxygen atoms in total. The topological polar surface area (TPSA) is 0 Å². The molecule has 0 aliphatic carbocycles. The first-order valence-corrected chi connectivity index (χ1v) is 1.69. The minimum atomic E-state index is 1.69. The first-order chi connectivity index (χ1) is 1.91. The van der Waals surface area contributed by atoms with Crippen LogP contribution < -0.4 is 0 Å². The monoisotopic (exact) mass is 70.0 g/mol. The van der Waals surface area contributed by atoms with Gasteiger partial charge in [-0.05, 0) is 0 Å². The van der Waals surface area contributed by atoms with Crippen LogP contribution in [0.1, 0.15) is 0 Å². The smallest absolute Gasteiger partial charge is 0.134 e. The summed E-state index contributed by atoms with van der Waals surface area (Å²) in [5.41, 5.74) is 0. The Balaban J connectivity index is 1.97. The maximum Gasteiger partial charge on any atom is -0.134 e. The minimum absolute atomic E-state index is 1.69. The zero-order valence-corrected chi connectivity index (χ0v) is 3.50. The molecule has 3 radical (unpaired) electrons. The van der Waals surface area contributed by atoms with Crippen LogP contribution in [0, 0.1) is 0 Å². The van der Waals surface area contributed by atoms with E-state index in [1.54, 1.807) is 6.45 Å². The number of thiol groups is 1. The van der Waals surface area contributed by atoms with Crippen LogP contribution in [0.4, 0.5) is 0 Å². The van der Waals surface area contributed by atoms with Gasteiger partial charge in [0.05, 0.1) is 0 Å². The SMILES string of the molecule is C[B][B-]S. The summed E-state index contributed by atoms with van der Waals surface area (Å²) in [4.78, 5) is 0. The number of hydrogen-bond donors (Lipinski definition) is 1. The van der Waals surface area contributed by atoms with Crippen LogP contribution in [-0.4, -0.2) is 13.6 Å². The maximum atomic E-state index is 3.74. The summed E-state index contributed by atoms with van der Waals surface area (Å²) >= 11 is 3.74. The van der Waals surface area contributed by atoms with Crippen molar-refractivity contribution in [3.63, 3.8) is 0 Å². The summed E-state index contributed by atoms with van der Waals surface area (Å²) < 4.78 is 0. The fourth-order valence-corrected chi connectivity index (χ4v) is 0. The van der Waals surface area contributed by atoms with Crippen molar-refractivity contribution in [3.05, 3.63) is 0 Å². The molecule has 0 aromatic heterocycles. The van der Waals surface area contributed by atoms with Crippen molar-refractivity contribution in [1.29, 1.82) is 0 Å². The van der Waals surface area contributed by atoms with Crippen LogP contribution in [0.3, 0.4) is 0 Å². The van der Waals surface area contributed by atoms with Gasteiger partial charge in [-0.3, -0.25) is 0 Å². The van der Waals surface area contributed by atoms with Gasteiger partial charge in [0, 0.05) is 0 Å². The third-order valence-electron chi connectivity index (χ3n) is 0.149. The van der Waals surface area contributed by atoms with Crippen LogP contribution in [0.2, 0.25) is 6.82 Å². The van der Waals surface area contributed by atoms with Crippen LogP contribution in [-0.2, 0) is 0 Å². The molecule has 0 N–H and O–H groups in total. The Bertz CT molecular complexity index is 8.00. The lowest BCUT2D eigenvalue weighted by atomic mass is 9.57. The Kier molecular flexibility index (Phi) is 3.90. The van der Waals surface area contributed by atoms with Gasteiger partial charge in [0.2, 0.25) is 0 Å². The van der Waals surface area contributed by atoms with E-state index in [1.807, 2.05) is 14.0 Å². The van der Waals surface area contributed by atoms with Crippen LogP contribution >= 0.6 is 12.5 Å². The molecule has 3 heteroatoms. The van der Waals surface area contributed by atoms with Crippen LogP contribution in [0.25, 0.3) is 0 Å². The second-order valence-electron chi connectivity index (χ2n) is 0.482. The predicted molar refractivity (Wildman–Crippen MR) is 26.4 cm³/mol. The average molecular weight is 69.7 g/mol. The lowest BCUT2D eigenvalue weighted by Gasteiger charge is -1.88. The molecule has 0 fully saturated rings. The normalized spacial score (nSPS) is 6.50. The van der Waals surface area contributed by atoms with Crippen molar-refractivity contribution in [2.45, 2.75) is 6.82 Å². The van der Waals surface area contributed by atoms with Crippen molar-refractivity contribution in [1.82, 2.24) is 0 Å². The van der Waals surface area contributed by atoms with Crippen LogP contribution in [0.5, 0.6) is 0 Å². The predicted octanol–water partition coefficient (Wildman–Crippen LogP) is 0.203. The largest absolute Gasteiger partial charge is 0.478 e. The molecule has 0 bridgehead atoms. The van der Waals surface area contributed by atoms with E-state index in [1.165, 1.54) is 0 Å². The third kappa shape index (κ3) is 2.48. The summed E-state index contributed by atoms with van der Waals surface area (Å²) in [5.74, 6) is 0. The summed E-state index contributed by atoms with van der Waals surface area (Å²) in [7, 11) is 1.86. The van der Waals surface area contributed by atoms with E-state index in [2.05, 4.69) is 12.5 Å². The highest BCUT2D eigenvalue weighted by molar-refractivity contribution is 8.12. The Morgan fingerprint density at radius 1 is 2.00 bits per heavy atom. The van der Waals surface area contributed by atoms with E-state index in [4.69, 9.17) is 0 Å². The van der Waals surface area contributed by atoms with Gasteiger partial charge in [0.15, 0.2) is 0 Å². The van der Waals surface area contributed by atoms with Gasteiger partial charge < -0.3 is 18.9 Å². The molecule has 0 saturated carbocycles. The molecular formula is CH4B2S-. The lowest BCUT2D eigenvalue weighted by Crippen LogP contribution is -1.83. The third-order valence-corrected chi connectivity index (χ3v) is 0.447. The van der Waals surface area contributed by atoms with Crippen molar-refractivity contribution in [2.75, 3.05) is 0 Å². The zero-order valence-electron chi connectivity index (χ0n) is 2.60. The highest BCUT2D eigenvalue weighted by Crippen LogP contribution is 1.56. The van der Waals surface area contributed by atoms with Gasteiger partial charge in [-0.25, -0.2) is 0 Å². The highest BCUT2D eigenvalue weighted by Gasteiger charge is 1.38. The van der Waals surface area contributed by atoms with Gasteiger partial charge in [-0.1, -0.05) is 0 Å². The molecule has 0 spiro atoms. The number of hydrogen-bond acceptors (Lipinski definition) is 1. The molecule has 0 amide bonds. The first-order valence-electron chi connectivity index (χ1n) is 1.17. The quantitative estimate of drug-likeness (QED) is 0.330. The molecule has 0 heterocycles. The van der Waals surface area contributed by atoms with Crippen molar-refractivity contribution >= 4 is 26.1 Å². The zero-order chi connectivity index (χ0) is 3.41. The van der Waals surface area contributed by atoms with Gasteiger partial charge >= 0.3 is 0 Å². The Morgan fingerprint density at radius 2 is 2.25 bits per heavy atom. The molecule has 0 atom stereocenters. The molecule has 0 unspecified atom stereocenters. The molecule has 0 rings (SSSR count). The first kappa shape index (κ1) is 4.48. The maximum absolute atomic E-state index is 3.74. The lowest BCUT2D eigenvalue weighted by molar-refractivity contribution is 2.37. The Hall–Kier alpha value is 0.480. The molecule has 0 aliphatic rings. The molecule has 21 valence electrons. The van der Waals surface area contributed by atoms with E-state index in [-0.39, 0.29) is 0 Å². The number of rotatable bonds is 1. The van der Waals surface area contributed by atoms with E-state index < -0.39 is 0 Å². The molecule has 0 aliphatic heterocycles. The van der Waals surface area contributed by atoms with E-state index in [0.29, 0.717) is 0 Å². The summed E-state index contributed by atoms with van der Waals surface area (Å²) in [5, 5.41) is 0.